The van der Waals surface area contributed by atoms with Crippen LogP contribution < -0.4 is 5.32 Å². The first-order valence-corrected chi connectivity index (χ1v) is 12.6. The summed E-state index contributed by atoms with van der Waals surface area (Å²) >= 11 is 0. The van der Waals surface area contributed by atoms with Crippen molar-refractivity contribution >= 4 is 5.91 Å². The van der Waals surface area contributed by atoms with Gasteiger partial charge in [0.05, 0.1) is 33.3 Å². The first-order valence-electron chi connectivity index (χ1n) is 12.6. The van der Waals surface area contributed by atoms with Gasteiger partial charge < -0.3 is 14.9 Å². The Hall–Kier alpha value is -0.610. The second-order valence-corrected chi connectivity index (χ2v) is 9.73. The van der Waals surface area contributed by atoms with Gasteiger partial charge in [-0.05, 0) is 13.3 Å². The molecule has 29 heavy (non-hydrogen) atoms. The van der Waals surface area contributed by atoms with E-state index in [1.807, 2.05) is 0 Å². The molecule has 2 N–H and O–H groups in total. The molecule has 0 saturated heterocycles. The van der Waals surface area contributed by atoms with Gasteiger partial charge in [-0.1, -0.05) is 96.8 Å². The van der Waals surface area contributed by atoms with Crippen LogP contribution in [0, 0.1) is 0 Å². The van der Waals surface area contributed by atoms with Crippen LogP contribution in [-0.4, -0.2) is 55.3 Å². The Balaban J connectivity index is 3.38. The smallest absolute Gasteiger partial charge is 0.220 e. The maximum atomic E-state index is 12.1. The van der Waals surface area contributed by atoms with Crippen molar-refractivity contribution in [3.63, 3.8) is 0 Å². The van der Waals surface area contributed by atoms with Gasteiger partial charge in [0.2, 0.25) is 5.91 Å². The number of quaternary nitrogens is 1. The van der Waals surface area contributed by atoms with E-state index in [2.05, 4.69) is 33.3 Å². The van der Waals surface area contributed by atoms with Crippen LogP contribution in [0.1, 0.15) is 117 Å². The molecule has 174 valence electrons. The molecule has 0 aromatic heterocycles. The van der Waals surface area contributed by atoms with Gasteiger partial charge in [-0.15, -0.1) is 0 Å². The van der Waals surface area contributed by atoms with Crippen molar-refractivity contribution in [1.82, 2.24) is 5.32 Å². The second kappa shape index (κ2) is 19.4. The summed E-state index contributed by atoms with van der Waals surface area (Å²) in [5.74, 6) is 0.177. The largest absolute Gasteiger partial charge is 0.391 e. The number of nitrogens with one attached hydrogen (secondary N) is 1. The third-order valence-corrected chi connectivity index (χ3v) is 5.89. The summed E-state index contributed by atoms with van der Waals surface area (Å²) in [6.45, 7) is 6.10. The van der Waals surface area contributed by atoms with Crippen molar-refractivity contribution in [3.05, 3.63) is 0 Å². The number of likely N-dealkylation sites (N-methyl/N-ethyl adjacent to an activating group) is 1. The van der Waals surface area contributed by atoms with E-state index in [-0.39, 0.29) is 18.6 Å². The third kappa shape index (κ3) is 20.4. The number of aliphatic hydroxyl groups excluding tert-OH is 1. The van der Waals surface area contributed by atoms with Crippen LogP contribution in [0.25, 0.3) is 0 Å². The maximum Gasteiger partial charge on any atom is 0.220 e. The molecule has 0 aromatic rings. The molecule has 0 bridgehead atoms. The molecule has 0 radical (unpaired) electrons. The summed E-state index contributed by atoms with van der Waals surface area (Å²) in [5.41, 5.74) is 0. The van der Waals surface area contributed by atoms with Crippen molar-refractivity contribution in [3.8, 4) is 0 Å². The molecule has 0 fully saturated rings. The van der Waals surface area contributed by atoms with E-state index in [1.54, 1.807) is 0 Å². The number of carbonyl (C=O) groups excluding carboxylic acids is 1. The average molecular weight is 414 g/mol. The molecule has 0 aliphatic carbocycles. The SMILES string of the molecule is CCCCCCCCCCCCCCCCCC(=O)NC(C)C[N+](C)(C)CCO. The van der Waals surface area contributed by atoms with E-state index in [4.69, 9.17) is 5.11 Å². The minimum absolute atomic E-state index is 0.153. The van der Waals surface area contributed by atoms with Gasteiger partial charge in [0.15, 0.2) is 0 Å². The van der Waals surface area contributed by atoms with E-state index in [9.17, 15) is 4.79 Å². The summed E-state index contributed by atoms with van der Waals surface area (Å²) in [5, 5.41) is 12.2. The van der Waals surface area contributed by atoms with Gasteiger partial charge in [-0.25, -0.2) is 0 Å². The molecular formula is C25H53N2O2+. The summed E-state index contributed by atoms with van der Waals surface area (Å²) in [6.07, 6.45) is 20.9. The molecule has 4 heteroatoms. The number of aliphatic hydroxyl groups is 1. The van der Waals surface area contributed by atoms with E-state index in [1.165, 1.54) is 89.9 Å². The molecule has 1 unspecified atom stereocenters. The molecule has 0 aliphatic heterocycles. The van der Waals surface area contributed by atoms with Gasteiger partial charge in [-0.2, -0.15) is 0 Å². The van der Waals surface area contributed by atoms with Gasteiger partial charge in [0.1, 0.15) is 6.54 Å². The molecule has 0 spiro atoms. The van der Waals surface area contributed by atoms with Gasteiger partial charge in [0, 0.05) is 6.42 Å². The number of unbranched alkanes of at least 4 members (excludes halogenated alkanes) is 14. The monoisotopic (exact) mass is 413 g/mol. The number of amides is 1. The Kier molecular flexibility index (Phi) is 19.0. The standard InChI is InChI=1S/C25H52N2O2/c1-5-6-7-8-9-10-11-12-13-14-15-16-17-18-19-20-25(29)26-24(2)23-27(3,4)21-22-28/h24,28H,5-23H2,1-4H3/p+1. The molecule has 1 amide bonds. The minimum atomic E-state index is 0.153. The minimum Gasteiger partial charge on any atom is -0.391 e. The molecule has 0 heterocycles. The average Bonchev–Trinajstić information content (AvgIpc) is 2.64. The number of nitrogens with zero attached hydrogens (tertiary/aromatic N) is 1. The Morgan fingerprint density at radius 3 is 1.62 bits per heavy atom. The fourth-order valence-electron chi connectivity index (χ4n) is 4.15. The van der Waals surface area contributed by atoms with Crippen LogP contribution in [0.2, 0.25) is 0 Å². The molecule has 1 atom stereocenters. The van der Waals surface area contributed by atoms with Crippen LogP contribution in [0.15, 0.2) is 0 Å². The number of hydrogen-bond acceptors (Lipinski definition) is 2. The molecule has 4 nitrogen and oxygen atoms in total. The van der Waals surface area contributed by atoms with Crippen molar-refractivity contribution in [2.45, 2.75) is 123 Å². The van der Waals surface area contributed by atoms with Crippen molar-refractivity contribution in [2.75, 3.05) is 33.8 Å². The highest BCUT2D eigenvalue weighted by molar-refractivity contribution is 5.76. The van der Waals surface area contributed by atoms with Crippen LogP contribution in [0.4, 0.5) is 0 Å². The van der Waals surface area contributed by atoms with Gasteiger partial charge in [0.25, 0.3) is 0 Å². The zero-order valence-corrected chi connectivity index (χ0v) is 20.3. The predicted octanol–water partition coefficient (Wildman–Crippen LogP) is 5.82. The lowest BCUT2D eigenvalue weighted by molar-refractivity contribution is -0.891. The van der Waals surface area contributed by atoms with E-state index >= 15 is 0 Å². The van der Waals surface area contributed by atoms with Crippen LogP contribution >= 0.6 is 0 Å². The first-order chi connectivity index (χ1) is 13.9. The highest BCUT2D eigenvalue weighted by Crippen LogP contribution is 2.13. The highest BCUT2D eigenvalue weighted by atomic mass is 16.3. The Labute approximate surface area is 182 Å². The van der Waals surface area contributed by atoms with E-state index < -0.39 is 0 Å². The maximum absolute atomic E-state index is 12.1. The number of rotatable bonds is 21. The fourth-order valence-corrected chi connectivity index (χ4v) is 4.15. The zero-order chi connectivity index (χ0) is 21.8. The van der Waals surface area contributed by atoms with Crippen molar-refractivity contribution in [2.24, 2.45) is 0 Å². The number of hydrogen-bond donors (Lipinski definition) is 2. The Morgan fingerprint density at radius 1 is 0.793 bits per heavy atom. The Morgan fingerprint density at radius 2 is 1.21 bits per heavy atom. The zero-order valence-electron chi connectivity index (χ0n) is 20.3. The Bertz CT molecular complexity index is 372. The predicted molar refractivity (Wildman–Crippen MR) is 126 cm³/mol. The van der Waals surface area contributed by atoms with Crippen LogP contribution in [0.3, 0.4) is 0 Å². The number of carbonyl (C=O) groups is 1. The van der Waals surface area contributed by atoms with Crippen LogP contribution in [0.5, 0.6) is 0 Å². The lowest BCUT2D eigenvalue weighted by atomic mass is 10.0. The molecule has 0 aliphatic rings. The van der Waals surface area contributed by atoms with Gasteiger partial charge in [-0.3, -0.25) is 4.79 Å². The molecule has 0 aromatic carbocycles. The normalized spacial score (nSPS) is 12.9. The fraction of sp³-hybridized carbons (Fsp3) is 0.960. The topological polar surface area (TPSA) is 49.3 Å². The molecule has 0 rings (SSSR count). The molecule has 0 saturated carbocycles. The van der Waals surface area contributed by atoms with Crippen molar-refractivity contribution < 1.29 is 14.4 Å². The summed E-state index contributed by atoms with van der Waals surface area (Å²) < 4.78 is 0.733. The lowest BCUT2D eigenvalue weighted by Gasteiger charge is -2.32. The third-order valence-electron chi connectivity index (χ3n) is 5.89. The van der Waals surface area contributed by atoms with Crippen molar-refractivity contribution in [1.29, 1.82) is 0 Å². The second-order valence-electron chi connectivity index (χ2n) is 9.73. The first kappa shape index (κ1) is 28.4. The van der Waals surface area contributed by atoms with Gasteiger partial charge >= 0.3 is 0 Å². The molecular weight excluding hydrogens is 360 g/mol. The summed E-state index contributed by atoms with van der Waals surface area (Å²) in [7, 11) is 4.18. The van der Waals surface area contributed by atoms with E-state index in [0.717, 1.165) is 24.0 Å². The lowest BCUT2D eigenvalue weighted by Crippen LogP contribution is -2.51. The summed E-state index contributed by atoms with van der Waals surface area (Å²) in [4.78, 5) is 12.1. The van der Waals surface area contributed by atoms with Crippen LogP contribution in [-0.2, 0) is 4.79 Å². The highest BCUT2D eigenvalue weighted by Gasteiger charge is 2.19. The van der Waals surface area contributed by atoms with E-state index in [0.29, 0.717) is 6.42 Å². The quantitative estimate of drug-likeness (QED) is 0.184. The summed E-state index contributed by atoms with van der Waals surface area (Å²) in [6, 6.07) is 0.153.